The normalized spacial score (nSPS) is 17.5. The van der Waals surface area contributed by atoms with E-state index in [1.807, 2.05) is 0 Å². The fraction of sp³-hybridized carbons (Fsp3) is 0.182. The minimum absolute atomic E-state index is 0.0260. The number of rotatable bonds is 3. The van der Waals surface area contributed by atoms with Crippen molar-refractivity contribution in [3.63, 3.8) is 0 Å². The quantitative estimate of drug-likeness (QED) is 0.165. The number of fused-ring (bicyclic) bond motifs is 14. The summed E-state index contributed by atoms with van der Waals surface area (Å²) in [5.41, 5.74) is 23.1. The zero-order chi connectivity index (χ0) is 47.9. The molecule has 0 bridgehead atoms. The van der Waals surface area contributed by atoms with Gasteiger partial charge in [-0.05, 0) is 131 Å². The first kappa shape index (κ1) is 41.4. The lowest BCUT2D eigenvalue weighted by Crippen LogP contribution is -2.79. The van der Waals surface area contributed by atoms with Crippen molar-refractivity contribution in [2.45, 2.75) is 77.6 Å². The van der Waals surface area contributed by atoms with Crippen molar-refractivity contribution in [1.29, 1.82) is 0 Å². The molecule has 0 unspecified atom stereocenters. The Bertz CT molecular complexity index is 3920. The number of aryl methyl sites for hydroxylation is 1. The Morgan fingerprint density at radius 3 is 1.89 bits per heavy atom. The molecule has 5 aliphatic rings. The second-order valence-corrected chi connectivity index (χ2v) is 26.8. The van der Waals surface area contributed by atoms with Crippen molar-refractivity contribution >= 4 is 97.0 Å². The first-order valence-corrected chi connectivity index (χ1v) is 27.8. The van der Waals surface area contributed by atoms with E-state index in [0.29, 0.717) is 0 Å². The van der Waals surface area contributed by atoms with E-state index < -0.39 is 8.07 Å². The van der Waals surface area contributed by atoms with Gasteiger partial charge in [0.25, 0.3) is 0 Å². The summed E-state index contributed by atoms with van der Waals surface area (Å²) in [5.74, 6) is 0. The molecule has 10 aromatic rings. The molecule has 2 aliphatic carbocycles. The molecule has 0 radical (unpaired) electrons. The minimum atomic E-state index is -2.96. The predicted molar refractivity (Wildman–Crippen MR) is 302 cm³/mol. The Morgan fingerprint density at radius 1 is 0.493 bits per heavy atom. The number of nitrogens with zero attached hydrogens (tertiary/aromatic N) is 2. The molecule has 1 aromatic heterocycles. The van der Waals surface area contributed by atoms with E-state index in [2.05, 4.69) is 240 Å². The second-order valence-electron chi connectivity index (χ2n) is 23.0. The van der Waals surface area contributed by atoms with Gasteiger partial charge in [0.1, 0.15) is 11.2 Å². The number of benzene rings is 9. The fourth-order valence-electron chi connectivity index (χ4n) is 14.6. The Balaban J connectivity index is 1.15. The van der Waals surface area contributed by atoms with Crippen LogP contribution < -0.4 is 41.4 Å². The molecule has 0 spiro atoms. The van der Waals surface area contributed by atoms with Crippen LogP contribution in [0.25, 0.3) is 44.2 Å². The lowest BCUT2D eigenvalue weighted by Gasteiger charge is -2.53. The Morgan fingerprint density at radius 2 is 1.13 bits per heavy atom. The van der Waals surface area contributed by atoms with E-state index in [-0.39, 0.29) is 23.1 Å². The smallest absolute Gasteiger partial charge is 0.333 e. The van der Waals surface area contributed by atoms with Crippen LogP contribution in [-0.4, -0.2) is 14.9 Å². The van der Waals surface area contributed by atoms with Crippen molar-refractivity contribution < 1.29 is 4.42 Å². The Labute approximate surface area is 418 Å². The van der Waals surface area contributed by atoms with Crippen LogP contribution in [0.1, 0.15) is 82.2 Å². The molecule has 0 atom stereocenters. The van der Waals surface area contributed by atoms with Crippen LogP contribution in [-0.2, 0) is 16.2 Å². The molecule has 5 heteroatoms. The van der Waals surface area contributed by atoms with Gasteiger partial charge in [-0.15, -0.1) is 0 Å². The van der Waals surface area contributed by atoms with Gasteiger partial charge >= 0.3 is 6.85 Å². The second kappa shape index (κ2) is 14.0. The van der Waals surface area contributed by atoms with Gasteiger partial charge < -0.3 is 14.1 Å². The van der Waals surface area contributed by atoms with Crippen LogP contribution in [0.4, 0.5) is 28.4 Å². The molecule has 0 fully saturated rings. The molecular formula is C66H55BN2OSi. The molecule has 71 heavy (non-hydrogen) atoms. The monoisotopic (exact) mass is 930 g/mol. The highest BCUT2D eigenvalue weighted by Crippen LogP contribution is 2.59. The van der Waals surface area contributed by atoms with Crippen molar-refractivity contribution in [1.82, 2.24) is 0 Å². The van der Waals surface area contributed by atoms with Crippen molar-refractivity contribution in [2.75, 3.05) is 9.71 Å². The third-order valence-corrected chi connectivity index (χ3v) is 22.9. The van der Waals surface area contributed by atoms with Crippen LogP contribution in [0, 0.1) is 6.92 Å². The van der Waals surface area contributed by atoms with Crippen LogP contribution in [0.3, 0.4) is 0 Å². The lowest BCUT2D eigenvalue weighted by molar-refractivity contribution is 0.332. The maximum atomic E-state index is 6.91. The number of furan rings is 1. The van der Waals surface area contributed by atoms with Gasteiger partial charge in [0, 0.05) is 56.3 Å². The van der Waals surface area contributed by atoms with Crippen molar-refractivity contribution in [3.05, 3.63) is 210 Å². The molecule has 0 saturated heterocycles. The van der Waals surface area contributed by atoms with E-state index >= 15 is 0 Å². The summed E-state index contributed by atoms with van der Waals surface area (Å²) in [6.07, 6.45) is 2.33. The summed E-state index contributed by atoms with van der Waals surface area (Å²) < 4.78 is 6.91. The van der Waals surface area contributed by atoms with E-state index in [9.17, 15) is 0 Å². The molecule has 0 amide bonds. The first-order chi connectivity index (χ1) is 34.4. The molecule has 4 heterocycles. The summed E-state index contributed by atoms with van der Waals surface area (Å²) in [6.45, 7) is 17.0. The van der Waals surface area contributed by atoms with Gasteiger partial charge in [0.2, 0.25) is 0 Å². The van der Waals surface area contributed by atoms with Gasteiger partial charge in [0.15, 0.2) is 8.07 Å². The average molecular weight is 931 g/mol. The van der Waals surface area contributed by atoms with E-state index in [4.69, 9.17) is 4.42 Å². The predicted octanol–water partition coefficient (Wildman–Crippen LogP) is 12.9. The zero-order valence-corrected chi connectivity index (χ0v) is 42.6. The summed E-state index contributed by atoms with van der Waals surface area (Å²) in [4.78, 5) is 5.48. The Hall–Kier alpha value is -7.34. The van der Waals surface area contributed by atoms with Crippen molar-refractivity contribution in [3.8, 4) is 22.3 Å². The average Bonchev–Trinajstić information content (AvgIpc) is 3.89. The van der Waals surface area contributed by atoms with E-state index in [1.165, 1.54) is 117 Å². The van der Waals surface area contributed by atoms with Crippen LogP contribution in [0.5, 0.6) is 0 Å². The number of hydrogen-bond donors (Lipinski definition) is 0. The summed E-state index contributed by atoms with van der Waals surface area (Å²) >= 11 is 0. The topological polar surface area (TPSA) is 19.6 Å². The first-order valence-electron chi connectivity index (χ1n) is 25.8. The minimum Gasteiger partial charge on any atom is -0.456 e. The van der Waals surface area contributed by atoms with Gasteiger partial charge in [-0.25, -0.2) is 0 Å². The third kappa shape index (κ3) is 5.20. The standard InChI is InChI=1S/C66H55BN2OSi/c1-40-35-49-50(65(4,5)34-33-64(49,2)3)38-53(40)68-54-39-57-46(44-26-15-18-30-56(44)70-57)36-51(54)67-62-55(68)37-47-43-25-14-16-28-48(43)66(6,7)61(47)60(62)45-27-20-32-59-63(45)69(67)52-29-17-19-31-58(52)71(59,41-21-10-8-11-22-41)42-23-12-9-13-24-42/h8-32,35-39H,33-34H2,1-7H3. The highest BCUT2D eigenvalue weighted by Gasteiger charge is 2.56. The van der Waals surface area contributed by atoms with Crippen molar-refractivity contribution in [2.24, 2.45) is 0 Å². The third-order valence-electron chi connectivity index (χ3n) is 18.0. The molecule has 0 N–H and O–H groups in total. The summed E-state index contributed by atoms with van der Waals surface area (Å²) in [5, 5.41) is 7.98. The van der Waals surface area contributed by atoms with Gasteiger partial charge in [0.05, 0.1) is 0 Å². The van der Waals surface area contributed by atoms with Crippen LogP contribution >= 0.6 is 0 Å². The summed E-state index contributed by atoms with van der Waals surface area (Å²) in [6, 6.07) is 70.4. The van der Waals surface area contributed by atoms with E-state index in [0.717, 1.165) is 28.4 Å². The summed E-state index contributed by atoms with van der Waals surface area (Å²) in [7, 11) is -2.96. The highest BCUT2D eigenvalue weighted by molar-refractivity contribution is 7.22. The van der Waals surface area contributed by atoms with Crippen LogP contribution in [0.15, 0.2) is 186 Å². The van der Waals surface area contributed by atoms with E-state index in [1.54, 1.807) is 0 Å². The van der Waals surface area contributed by atoms with Crippen LogP contribution in [0.2, 0.25) is 0 Å². The lowest BCUT2D eigenvalue weighted by atomic mass is 9.42. The number of para-hydroxylation sites is 3. The zero-order valence-electron chi connectivity index (χ0n) is 41.6. The number of anilines is 5. The van der Waals surface area contributed by atoms with Gasteiger partial charge in [-0.2, -0.15) is 0 Å². The molecule has 3 nitrogen and oxygen atoms in total. The van der Waals surface area contributed by atoms with Gasteiger partial charge in [-0.1, -0.05) is 193 Å². The highest BCUT2D eigenvalue weighted by atomic mass is 28.3. The molecule has 3 aliphatic heterocycles. The maximum absolute atomic E-state index is 6.91. The molecule has 9 aromatic carbocycles. The Kier molecular flexibility index (Phi) is 8.15. The fourth-order valence-corrected chi connectivity index (χ4v) is 19.8. The molecule has 0 saturated carbocycles. The molecular weight excluding hydrogens is 876 g/mol. The molecule has 342 valence electrons. The number of hydrogen-bond acceptors (Lipinski definition) is 3. The molecule has 15 rings (SSSR count). The van der Waals surface area contributed by atoms with Gasteiger partial charge in [-0.3, -0.25) is 0 Å². The largest absolute Gasteiger partial charge is 0.456 e. The maximum Gasteiger partial charge on any atom is 0.333 e. The SMILES string of the molecule is Cc1cc2c(cc1N1c3cc4oc5ccccc5c4cc3B3c4c1cc1c(c4-c4cccc5c4N3c3ccccc3[Si]5(c3ccccc3)c3ccccc3)C(C)(C)c3ccccc3-1)C(C)(C)CCC2(C)C.